The van der Waals surface area contributed by atoms with E-state index in [0.717, 1.165) is 32.1 Å². The van der Waals surface area contributed by atoms with Gasteiger partial charge in [-0.05, 0) is 43.5 Å². The molecular formula is C16H20F2N2O. The van der Waals surface area contributed by atoms with Crippen LogP contribution in [0.4, 0.5) is 8.78 Å². The van der Waals surface area contributed by atoms with Crippen LogP contribution in [-0.2, 0) is 4.79 Å². The van der Waals surface area contributed by atoms with Crippen molar-refractivity contribution < 1.29 is 13.6 Å². The third-order valence-electron chi connectivity index (χ3n) is 4.67. The minimum absolute atomic E-state index is 0.0450. The van der Waals surface area contributed by atoms with Crippen molar-refractivity contribution in [2.45, 2.75) is 18.8 Å². The van der Waals surface area contributed by atoms with Crippen molar-refractivity contribution in [3.8, 4) is 0 Å². The lowest BCUT2D eigenvalue weighted by atomic mass is 9.88. The predicted molar refractivity (Wildman–Crippen MR) is 75.9 cm³/mol. The van der Waals surface area contributed by atoms with E-state index in [2.05, 4.69) is 4.90 Å². The van der Waals surface area contributed by atoms with Gasteiger partial charge in [0.2, 0.25) is 6.41 Å². The van der Waals surface area contributed by atoms with Gasteiger partial charge in [-0.3, -0.25) is 4.79 Å². The summed E-state index contributed by atoms with van der Waals surface area (Å²) >= 11 is 0. The summed E-state index contributed by atoms with van der Waals surface area (Å²) in [7, 11) is 0. The number of halogens is 2. The molecule has 0 aromatic heterocycles. The fourth-order valence-electron chi connectivity index (χ4n) is 3.63. The highest BCUT2D eigenvalue weighted by molar-refractivity contribution is 5.48. The summed E-state index contributed by atoms with van der Waals surface area (Å²) in [6, 6.07) is 3.77. The second kappa shape index (κ2) is 6.10. The maximum Gasteiger partial charge on any atom is 0.209 e. The quantitative estimate of drug-likeness (QED) is 0.795. The monoisotopic (exact) mass is 294 g/mol. The number of benzene rings is 1. The van der Waals surface area contributed by atoms with Crippen LogP contribution in [0.25, 0.3) is 0 Å². The van der Waals surface area contributed by atoms with Gasteiger partial charge >= 0.3 is 0 Å². The molecule has 0 spiro atoms. The van der Waals surface area contributed by atoms with E-state index in [0.29, 0.717) is 18.7 Å². The molecule has 21 heavy (non-hydrogen) atoms. The van der Waals surface area contributed by atoms with Crippen LogP contribution >= 0.6 is 0 Å². The van der Waals surface area contributed by atoms with Gasteiger partial charge in [-0.1, -0.05) is 6.07 Å². The Bertz CT molecular complexity index is 517. The van der Waals surface area contributed by atoms with Crippen LogP contribution in [-0.4, -0.2) is 48.9 Å². The van der Waals surface area contributed by atoms with Gasteiger partial charge in [-0.2, -0.15) is 0 Å². The van der Waals surface area contributed by atoms with E-state index < -0.39 is 11.6 Å². The normalized spacial score (nSPS) is 26.5. The molecule has 0 N–H and O–H groups in total. The molecule has 0 unspecified atom stereocenters. The number of rotatable bonds is 4. The highest BCUT2D eigenvalue weighted by atomic mass is 19.1. The summed E-state index contributed by atoms with van der Waals surface area (Å²) in [6.07, 6.45) is 3.25. The van der Waals surface area contributed by atoms with Gasteiger partial charge in [0.05, 0.1) is 0 Å². The fraction of sp³-hybridized carbons (Fsp3) is 0.562. The smallest absolute Gasteiger partial charge is 0.209 e. The van der Waals surface area contributed by atoms with Gasteiger partial charge in [0.15, 0.2) is 0 Å². The second-order valence-corrected chi connectivity index (χ2v) is 6.10. The molecule has 1 aromatic rings. The minimum atomic E-state index is -0.558. The maximum absolute atomic E-state index is 14.1. The van der Waals surface area contributed by atoms with Gasteiger partial charge in [0, 0.05) is 31.6 Å². The molecule has 2 heterocycles. The average molecular weight is 294 g/mol. The van der Waals surface area contributed by atoms with Gasteiger partial charge in [0.1, 0.15) is 11.6 Å². The Hall–Kier alpha value is -1.49. The molecule has 2 saturated heterocycles. The van der Waals surface area contributed by atoms with E-state index in [1.54, 1.807) is 4.90 Å². The van der Waals surface area contributed by atoms with E-state index in [1.807, 2.05) is 0 Å². The first-order chi connectivity index (χ1) is 10.2. The Balaban J connectivity index is 1.80. The zero-order valence-corrected chi connectivity index (χ0v) is 12.0. The third kappa shape index (κ3) is 3.07. The summed E-state index contributed by atoms with van der Waals surface area (Å²) in [6.45, 7) is 4.21. The number of hydrogen-bond donors (Lipinski definition) is 0. The molecule has 5 heteroatoms. The van der Waals surface area contributed by atoms with Crippen LogP contribution in [0.3, 0.4) is 0 Å². The molecule has 0 saturated carbocycles. The molecule has 2 fully saturated rings. The van der Waals surface area contributed by atoms with Gasteiger partial charge in [-0.25, -0.2) is 8.78 Å². The van der Waals surface area contributed by atoms with Crippen molar-refractivity contribution in [1.29, 1.82) is 0 Å². The van der Waals surface area contributed by atoms with E-state index >= 15 is 0 Å². The fourth-order valence-corrected chi connectivity index (χ4v) is 3.63. The van der Waals surface area contributed by atoms with Crippen molar-refractivity contribution in [3.05, 3.63) is 35.4 Å². The van der Waals surface area contributed by atoms with E-state index in [-0.39, 0.29) is 11.8 Å². The van der Waals surface area contributed by atoms with Gasteiger partial charge < -0.3 is 9.80 Å². The maximum atomic E-state index is 14.1. The Kier molecular flexibility index (Phi) is 4.19. The first kappa shape index (κ1) is 14.4. The molecule has 3 nitrogen and oxygen atoms in total. The number of amides is 1. The van der Waals surface area contributed by atoms with Gasteiger partial charge in [-0.15, -0.1) is 0 Å². The largest absolute Gasteiger partial charge is 0.344 e. The molecule has 2 aliphatic rings. The lowest BCUT2D eigenvalue weighted by molar-refractivity contribution is -0.117. The standard InChI is InChI=1S/C16H20F2N2O/c17-13-3-4-14(16(18)7-13)15-10-20(11-21)9-12(15)8-19-5-1-2-6-19/h3-4,7,11-12,15H,1-2,5-6,8-10H2/t12-,15-/m1/s1. The molecule has 1 aromatic carbocycles. The highest BCUT2D eigenvalue weighted by Crippen LogP contribution is 2.34. The molecule has 0 bridgehead atoms. The van der Waals surface area contributed by atoms with Crippen molar-refractivity contribution in [3.63, 3.8) is 0 Å². The van der Waals surface area contributed by atoms with E-state index in [4.69, 9.17) is 0 Å². The average Bonchev–Trinajstić information content (AvgIpc) is 3.09. The summed E-state index contributed by atoms with van der Waals surface area (Å²) < 4.78 is 27.1. The summed E-state index contributed by atoms with van der Waals surface area (Å²) in [5.74, 6) is -0.888. The van der Waals surface area contributed by atoms with E-state index in [1.165, 1.54) is 25.0 Å². The zero-order chi connectivity index (χ0) is 14.8. The summed E-state index contributed by atoms with van der Waals surface area (Å²) in [4.78, 5) is 15.1. The van der Waals surface area contributed by atoms with E-state index in [9.17, 15) is 13.6 Å². The molecule has 2 atom stereocenters. The minimum Gasteiger partial charge on any atom is -0.344 e. The van der Waals surface area contributed by atoms with Crippen molar-refractivity contribution in [2.24, 2.45) is 5.92 Å². The molecule has 1 amide bonds. The topological polar surface area (TPSA) is 23.6 Å². The lowest BCUT2D eigenvalue weighted by Crippen LogP contribution is -2.30. The first-order valence-electron chi connectivity index (χ1n) is 7.54. The molecule has 0 aliphatic carbocycles. The number of hydrogen-bond acceptors (Lipinski definition) is 2. The first-order valence-corrected chi connectivity index (χ1v) is 7.54. The molecule has 0 radical (unpaired) electrons. The summed E-state index contributed by atoms with van der Waals surface area (Å²) in [5.41, 5.74) is 0.532. The van der Waals surface area contributed by atoms with Crippen molar-refractivity contribution in [1.82, 2.24) is 9.80 Å². The Morgan fingerprint density at radius 3 is 2.62 bits per heavy atom. The van der Waals surface area contributed by atoms with Crippen LogP contribution in [0.1, 0.15) is 24.3 Å². The number of likely N-dealkylation sites (tertiary alicyclic amines) is 2. The third-order valence-corrected chi connectivity index (χ3v) is 4.67. The van der Waals surface area contributed by atoms with Crippen LogP contribution in [0.5, 0.6) is 0 Å². The molecular weight excluding hydrogens is 274 g/mol. The highest BCUT2D eigenvalue weighted by Gasteiger charge is 2.36. The number of carbonyl (C=O) groups is 1. The Labute approximate surface area is 123 Å². The molecule has 3 rings (SSSR count). The SMILES string of the molecule is O=CN1C[C@@H](CN2CCCC2)[C@H](c2ccc(F)cc2F)C1. The molecule has 2 aliphatic heterocycles. The Morgan fingerprint density at radius 2 is 1.95 bits per heavy atom. The second-order valence-electron chi connectivity index (χ2n) is 6.10. The molecule has 114 valence electrons. The van der Waals surface area contributed by atoms with Crippen molar-refractivity contribution in [2.75, 3.05) is 32.7 Å². The number of nitrogens with zero attached hydrogens (tertiary/aromatic N) is 2. The lowest BCUT2D eigenvalue weighted by Gasteiger charge is -2.24. The van der Waals surface area contributed by atoms with Crippen LogP contribution < -0.4 is 0 Å². The van der Waals surface area contributed by atoms with Crippen LogP contribution in [0.15, 0.2) is 18.2 Å². The van der Waals surface area contributed by atoms with Crippen molar-refractivity contribution >= 4 is 6.41 Å². The Morgan fingerprint density at radius 1 is 1.19 bits per heavy atom. The number of carbonyl (C=O) groups excluding carboxylic acids is 1. The van der Waals surface area contributed by atoms with Crippen LogP contribution in [0, 0.1) is 17.6 Å². The van der Waals surface area contributed by atoms with Gasteiger partial charge in [0.25, 0.3) is 0 Å². The zero-order valence-electron chi connectivity index (χ0n) is 12.0. The predicted octanol–water partition coefficient (Wildman–Crippen LogP) is 2.23. The summed E-state index contributed by atoms with van der Waals surface area (Å²) in [5, 5.41) is 0. The van der Waals surface area contributed by atoms with Crippen LogP contribution in [0.2, 0.25) is 0 Å².